The van der Waals surface area contributed by atoms with Crippen LogP contribution in [0.4, 0.5) is 0 Å². The fourth-order valence-electron chi connectivity index (χ4n) is 1.27. The maximum absolute atomic E-state index is 4.26. The van der Waals surface area contributed by atoms with E-state index < -0.39 is 0 Å². The number of nitrogens with zero attached hydrogens (tertiary/aromatic N) is 1. The molecule has 1 heteroatoms. The summed E-state index contributed by atoms with van der Waals surface area (Å²) in [4.78, 5) is 4.26. The van der Waals surface area contributed by atoms with Gasteiger partial charge in [-0.25, -0.2) is 4.98 Å². The molecular formula is C11H11N. The van der Waals surface area contributed by atoms with Crippen LogP contribution in [-0.4, -0.2) is 4.98 Å². The first-order valence-corrected chi connectivity index (χ1v) is 4.29. The van der Waals surface area contributed by atoms with Crippen LogP contribution in [0.1, 0.15) is 36.9 Å². The summed E-state index contributed by atoms with van der Waals surface area (Å²) in [6, 6.07) is 4.15. The second-order valence-corrected chi connectivity index (χ2v) is 3.13. The maximum Gasteiger partial charge on any atom is 0.113 e. The van der Waals surface area contributed by atoms with Crippen molar-refractivity contribution in [3.05, 3.63) is 29.6 Å². The third kappa shape index (κ3) is 1.48. The monoisotopic (exact) mass is 157 g/mol. The van der Waals surface area contributed by atoms with E-state index in [0.717, 1.165) is 11.6 Å². The zero-order chi connectivity index (χ0) is 8.39. The van der Waals surface area contributed by atoms with E-state index in [1.807, 2.05) is 19.2 Å². The molecule has 12 heavy (non-hydrogen) atoms. The summed E-state index contributed by atoms with van der Waals surface area (Å²) in [6.45, 7) is 1.83. The van der Waals surface area contributed by atoms with E-state index in [1.165, 1.54) is 18.4 Å². The van der Waals surface area contributed by atoms with Gasteiger partial charge in [0.05, 0.1) is 0 Å². The molecule has 1 aromatic rings. The molecule has 0 bridgehead atoms. The minimum Gasteiger partial charge on any atom is -0.248 e. The Hall–Kier alpha value is -1.29. The Morgan fingerprint density at radius 1 is 1.42 bits per heavy atom. The number of hydrogen-bond acceptors (Lipinski definition) is 1. The quantitative estimate of drug-likeness (QED) is 0.570. The Morgan fingerprint density at radius 2 is 2.25 bits per heavy atom. The van der Waals surface area contributed by atoms with E-state index in [9.17, 15) is 0 Å². The van der Waals surface area contributed by atoms with Gasteiger partial charge in [-0.1, -0.05) is 12.0 Å². The fourth-order valence-corrected chi connectivity index (χ4v) is 1.27. The fraction of sp³-hybridized carbons (Fsp3) is 0.364. The molecular weight excluding hydrogens is 146 g/mol. The average Bonchev–Trinajstić information content (AvgIpc) is 2.89. The lowest BCUT2D eigenvalue weighted by molar-refractivity contribution is 1.09. The number of rotatable bonds is 1. The molecule has 60 valence electrons. The summed E-state index contributed by atoms with van der Waals surface area (Å²) in [5.74, 6) is 6.56. The molecule has 0 atom stereocenters. The highest BCUT2D eigenvalue weighted by molar-refractivity contribution is 5.30. The molecule has 0 unspecified atom stereocenters. The van der Waals surface area contributed by atoms with Crippen LogP contribution in [0, 0.1) is 11.8 Å². The second kappa shape index (κ2) is 2.98. The van der Waals surface area contributed by atoms with Crippen LogP contribution in [0.5, 0.6) is 0 Å². The van der Waals surface area contributed by atoms with Crippen LogP contribution in [0.3, 0.4) is 0 Å². The van der Waals surface area contributed by atoms with Crippen molar-refractivity contribution < 1.29 is 0 Å². The molecule has 1 nitrogen and oxygen atoms in total. The molecule has 0 spiro atoms. The van der Waals surface area contributed by atoms with Crippen LogP contribution >= 0.6 is 0 Å². The average molecular weight is 157 g/mol. The van der Waals surface area contributed by atoms with Gasteiger partial charge < -0.3 is 0 Å². The Balaban J connectivity index is 2.22. The summed E-state index contributed by atoms with van der Waals surface area (Å²) in [5.41, 5.74) is 2.25. The lowest BCUT2D eigenvalue weighted by Crippen LogP contribution is -1.84. The van der Waals surface area contributed by atoms with Crippen LogP contribution in [0.2, 0.25) is 0 Å². The van der Waals surface area contributed by atoms with Crippen molar-refractivity contribution in [2.24, 2.45) is 0 Å². The molecule has 1 aliphatic carbocycles. The summed E-state index contributed by atoms with van der Waals surface area (Å²) >= 11 is 0. The molecule has 0 aliphatic heterocycles. The topological polar surface area (TPSA) is 12.9 Å². The van der Waals surface area contributed by atoms with Gasteiger partial charge in [-0.05, 0) is 43.2 Å². The molecule has 1 heterocycles. The normalized spacial score (nSPS) is 15.1. The van der Waals surface area contributed by atoms with E-state index in [-0.39, 0.29) is 0 Å². The Kier molecular flexibility index (Phi) is 1.83. The number of pyridine rings is 1. The number of aromatic nitrogens is 1. The van der Waals surface area contributed by atoms with Gasteiger partial charge in [-0.3, -0.25) is 0 Å². The standard InChI is InChI=1S/C11H11N/c1-2-3-11-7-6-10(8-12-11)9-4-5-9/h6-9H,4-5H2,1H3. The molecule has 0 amide bonds. The van der Waals surface area contributed by atoms with Crippen molar-refractivity contribution in [2.45, 2.75) is 25.7 Å². The van der Waals surface area contributed by atoms with Crippen molar-refractivity contribution >= 4 is 0 Å². The maximum atomic E-state index is 4.26. The highest BCUT2D eigenvalue weighted by atomic mass is 14.7. The third-order valence-corrected chi connectivity index (χ3v) is 2.09. The molecule has 1 aliphatic rings. The largest absolute Gasteiger partial charge is 0.248 e. The van der Waals surface area contributed by atoms with Crippen molar-refractivity contribution in [3.63, 3.8) is 0 Å². The van der Waals surface area contributed by atoms with Gasteiger partial charge in [0.1, 0.15) is 5.69 Å². The van der Waals surface area contributed by atoms with Gasteiger partial charge in [0.15, 0.2) is 0 Å². The third-order valence-electron chi connectivity index (χ3n) is 2.09. The first-order chi connectivity index (χ1) is 5.90. The highest BCUT2D eigenvalue weighted by Gasteiger charge is 2.23. The molecule has 0 N–H and O–H groups in total. The van der Waals surface area contributed by atoms with Crippen LogP contribution in [-0.2, 0) is 0 Å². The molecule has 1 saturated carbocycles. The van der Waals surface area contributed by atoms with Crippen molar-refractivity contribution in [3.8, 4) is 11.8 Å². The first-order valence-electron chi connectivity index (χ1n) is 4.29. The van der Waals surface area contributed by atoms with Crippen molar-refractivity contribution in [1.29, 1.82) is 0 Å². The van der Waals surface area contributed by atoms with Gasteiger partial charge >= 0.3 is 0 Å². The van der Waals surface area contributed by atoms with Crippen LogP contribution in [0.15, 0.2) is 18.3 Å². The van der Waals surface area contributed by atoms with Gasteiger partial charge in [0.2, 0.25) is 0 Å². The van der Waals surface area contributed by atoms with E-state index in [1.54, 1.807) is 0 Å². The van der Waals surface area contributed by atoms with E-state index in [2.05, 4.69) is 22.9 Å². The zero-order valence-electron chi connectivity index (χ0n) is 7.17. The summed E-state index contributed by atoms with van der Waals surface area (Å²) in [7, 11) is 0. The van der Waals surface area contributed by atoms with Gasteiger partial charge in [-0.15, -0.1) is 0 Å². The zero-order valence-corrected chi connectivity index (χ0v) is 7.17. The Labute approximate surface area is 72.8 Å². The predicted octanol–water partition coefficient (Wildman–Crippen LogP) is 2.33. The van der Waals surface area contributed by atoms with Crippen molar-refractivity contribution in [2.75, 3.05) is 0 Å². The first kappa shape index (κ1) is 7.36. The number of hydrogen-bond donors (Lipinski definition) is 0. The van der Waals surface area contributed by atoms with Gasteiger partial charge in [0.25, 0.3) is 0 Å². The minimum absolute atomic E-state index is 0.793. The van der Waals surface area contributed by atoms with Crippen LogP contribution < -0.4 is 0 Å². The predicted molar refractivity (Wildman–Crippen MR) is 48.8 cm³/mol. The lowest BCUT2D eigenvalue weighted by atomic mass is 10.2. The lowest BCUT2D eigenvalue weighted by Gasteiger charge is -1.95. The molecule has 0 aromatic carbocycles. The van der Waals surface area contributed by atoms with Gasteiger partial charge in [-0.2, -0.15) is 0 Å². The molecule has 1 fully saturated rings. The Morgan fingerprint density at radius 3 is 2.75 bits per heavy atom. The summed E-state index contributed by atoms with van der Waals surface area (Å²) < 4.78 is 0. The highest BCUT2D eigenvalue weighted by Crippen LogP contribution is 2.39. The SMILES string of the molecule is CC#Cc1ccc(C2CC2)cn1. The van der Waals surface area contributed by atoms with Gasteiger partial charge in [0, 0.05) is 6.20 Å². The smallest absolute Gasteiger partial charge is 0.113 e. The molecule has 2 rings (SSSR count). The second-order valence-electron chi connectivity index (χ2n) is 3.13. The molecule has 0 radical (unpaired) electrons. The molecule has 0 saturated heterocycles. The Bertz CT molecular complexity index is 322. The summed E-state index contributed by atoms with van der Waals surface area (Å²) in [5, 5.41) is 0. The molecule has 1 aromatic heterocycles. The van der Waals surface area contributed by atoms with E-state index in [0.29, 0.717) is 0 Å². The summed E-state index contributed by atoms with van der Waals surface area (Å²) in [6.07, 6.45) is 4.62. The van der Waals surface area contributed by atoms with E-state index >= 15 is 0 Å². The van der Waals surface area contributed by atoms with Crippen molar-refractivity contribution in [1.82, 2.24) is 4.98 Å². The van der Waals surface area contributed by atoms with Crippen LogP contribution in [0.25, 0.3) is 0 Å². The minimum atomic E-state index is 0.793. The van der Waals surface area contributed by atoms with E-state index in [4.69, 9.17) is 0 Å².